The topological polar surface area (TPSA) is 52.7 Å². The van der Waals surface area contributed by atoms with Gasteiger partial charge in [0.05, 0.1) is 17.5 Å². The number of carbonyl (C=O) groups is 1. The first-order chi connectivity index (χ1) is 6.72. The summed E-state index contributed by atoms with van der Waals surface area (Å²) in [6, 6.07) is 0. The van der Waals surface area contributed by atoms with E-state index in [0.717, 1.165) is 17.8 Å². The molecule has 72 valence electrons. The molecule has 0 saturated carbocycles. The second-order valence-electron chi connectivity index (χ2n) is 3.09. The van der Waals surface area contributed by atoms with Crippen LogP contribution in [0.3, 0.4) is 0 Å². The van der Waals surface area contributed by atoms with Gasteiger partial charge in [-0.05, 0) is 6.92 Å². The Morgan fingerprint density at radius 1 is 1.50 bits per heavy atom. The van der Waals surface area contributed by atoms with Crippen molar-refractivity contribution in [2.45, 2.75) is 6.92 Å². The molecule has 0 radical (unpaired) electrons. The summed E-state index contributed by atoms with van der Waals surface area (Å²) in [5, 5.41) is 4.01. The van der Waals surface area contributed by atoms with E-state index in [1.807, 2.05) is 13.1 Å². The minimum absolute atomic E-state index is 0.560. The summed E-state index contributed by atoms with van der Waals surface area (Å²) in [5.41, 5.74) is 1.47. The molecule has 0 atom stereocenters. The summed E-state index contributed by atoms with van der Waals surface area (Å²) in [7, 11) is 1.79. The molecule has 0 aliphatic rings. The summed E-state index contributed by atoms with van der Waals surface area (Å²) < 4.78 is 3.43. The van der Waals surface area contributed by atoms with Crippen LogP contribution in [0.25, 0.3) is 5.82 Å². The molecule has 2 rings (SSSR count). The summed E-state index contributed by atoms with van der Waals surface area (Å²) in [6.07, 6.45) is 5.85. The Balaban J connectivity index is 2.59. The molecule has 0 aliphatic heterocycles. The lowest BCUT2D eigenvalue weighted by atomic mass is 10.3. The highest BCUT2D eigenvalue weighted by molar-refractivity contribution is 5.79. The van der Waals surface area contributed by atoms with Gasteiger partial charge in [0.1, 0.15) is 12.1 Å². The third-order valence-electron chi connectivity index (χ3n) is 2.02. The van der Waals surface area contributed by atoms with Gasteiger partial charge in [-0.3, -0.25) is 14.0 Å². The summed E-state index contributed by atoms with van der Waals surface area (Å²) in [5.74, 6) is 0.737. The number of aryl methyl sites for hydroxylation is 2. The van der Waals surface area contributed by atoms with E-state index >= 15 is 0 Å². The molecule has 0 aliphatic carbocycles. The monoisotopic (exact) mass is 190 g/mol. The SMILES string of the molecule is Cc1cn(-c2c(C=O)cnn2C)cn1. The van der Waals surface area contributed by atoms with Crippen molar-refractivity contribution in [3.63, 3.8) is 0 Å². The van der Waals surface area contributed by atoms with Crippen molar-refractivity contribution in [1.29, 1.82) is 0 Å². The predicted octanol–water partition coefficient (Wildman–Crippen LogP) is 0.727. The molecule has 0 fully saturated rings. The standard InChI is InChI=1S/C9H10N4O/c1-7-4-13(6-10-7)9-8(5-14)3-11-12(9)2/h3-6H,1-2H3. The molecule has 0 bridgehead atoms. The summed E-state index contributed by atoms with van der Waals surface area (Å²) >= 11 is 0. The van der Waals surface area contributed by atoms with Gasteiger partial charge < -0.3 is 0 Å². The number of hydrogen-bond acceptors (Lipinski definition) is 3. The zero-order chi connectivity index (χ0) is 10.1. The fourth-order valence-corrected chi connectivity index (χ4v) is 1.38. The van der Waals surface area contributed by atoms with Gasteiger partial charge in [0.25, 0.3) is 0 Å². The van der Waals surface area contributed by atoms with Crippen molar-refractivity contribution in [1.82, 2.24) is 19.3 Å². The zero-order valence-electron chi connectivity index (χ0n) is 8.01. The van der Waals surface area contributed by atoms with Crippen molar-refractivity contribution >= 4 is 6.29 Å². The van der Waals surface area contributed by atoms with Crippen LogP contribution < -0.4 is 0 Å². The Hall–Kier alpha value is -1.91. The Kier molecular flexibility index (Phi) is 1.92. The highest BCUT2D eigenvalue weighted by Crippen LogP contribution is 2.11. The molecule has 0 amide bonds. The molecule has 14 heavy (non-hydrogen) atoms. The van der Waals surface area contributed by atoms with Gasteiger partial charge in [-0.25, -0.2) is 4.98 Å². The fourth-order valence-electron chi connectivity index (χ4n) is 1.38. The number of hydrogen-bond donors (Lipinski definition) is 0. The molecule has 0 aromatic carbocycles. The molecule has 0 spiro atoms. The first kappa shape index (κ1) is 8.68. The first-order valence-electron chi connectivity index (χ1n) is 4.20. The van der Waals surface area contributed by atoms with Crippen molar-refractivity contribution in [2.24, 2.45) is 7.05 Å². The lowest BCUT2D eigenvalue weighted by molar-refractivity contribution is 0.112. The number of carbonyl (C=O) groups excluding carboxylic acids is 1. The normalized spacial score (nSPS) is 10.4. The molecule has 0 saturated heterocycles. The van der Waals surface area contributed by atoms with Gasteiger partial charge in [-0.15, -0.1) is 0 Å². The van der Waals surface area contributed by atoms with Gasteiger partial charge in [0, 0.05) is 13.2 Å². The van der Waals surface area contributed by atoms with Crippen LogP contribution in [0, 0.1) is 6.92 Å². The van der Waals surface area contributed by atoms with Crippen LogP contribution in [-0.2, 0) is 7.05 Å². The van der Waals surface area contributed by atoms with E-state index in [4.69, 9.17) is 0 Å². The van der Waals surface area contributed by atoms with Crippen molar-refractivity contribution in [2.75, 3.05) is 0 Å². The van der Waals surface area contributed by atoms with Gasteiger partial charge >= 0.3 is 0 Å². The van der Waals surface area contributed by atoms with Gasteiger partial charge in [-0.2, -0.15) is 5.10 Å². The van der Waals surface area contributed by atoms with E-state index in [0.29, 0.717) is 5.56 Å². The van der Waals surface area contributed by atoms with E-state index in [2.05, 4.69) is 10.1 Å². The number of imidazole rings is 1. The molecule has 5 nitrogen and oxygen atoms in total. The molecule has 5 heteroatoms. The number of rotatable bonds is 2. The Morgan fingerprint density at radius 2 is 2.29 bits per heavy atom. The first-order valence-corrected chi connectivity index (χ1v) is 4.20. The second-order valence-corrected chi connectivity index (χ2v) is 3.09. The Labute approximate surface area is 81.0 Å². The van der Waals surface area contributed by atoms with Crippen LogP contribution in [0.4, 0.5) is 0 Å². The maximum absolute atomic E-state index is 10.7. The maximum atomic E-state index is 10.7. The van der Waals surface area contributed by atoms with Crippen LogP contribution in [-0.4, -0.2) is 25.6 Å². The highest BCUT2D eigenvalue weighted by atomic mass is 16.1. The van der Waals surface area contributed by atoms with E-state index < -0.39 is 0 Å². The van der Waals surface area contributed by atoms with Gasteiger partial charge in [0.2, 0.25) is 0 Å². The quantitative estimate of drug-likeness (QED) is 0.656. The van der Waals surface area contributed by atoms with Crippen molar-refractivity contribution in [3.8, 4) is 5.82 Å². The van der Waals surface area contributed by atoms with Crippen LogP contribution >= 0.6 is 0 Å². The third-order valence-corrected chi connectivity index (χ3v) is 2.02. The molecular weight excluding hydrogens is 180 g/mol. The lowest BCUT2D eigenvalue weighted by Crippen LogP contribution is -2.02. The van der Waals surface area contributed by atoms with Crippen LogP contribution in [0.1, 0.15) is 16.1 Å². The van der Waals surface area contributed by atoms with Gasteiger partial charge in [0.15, 0.2) is 6.29 Å². The molecule has 0 unspecified atom stereocenters. The van der Waals surface area contributed by atoms with Crippen LogP contribution in [0.2, 0.25) is 0 Å². The minimum Gasteiger partial charge on any atom is -0.298 e. The Bertz CT molecular complexity index is 469. The molecule has 2 heterocycles. The van der Waals surface area contributed by atoms with Crippen molar-refractivity contribution < 1.29 is 4.79 Å². The third kappa shape index (κ3) is 1.22. The van der Waals surface area contributed by atoms with Crippen LogP contribution in [0.15, 0.2) is 18.7 Å². The number of nitrogens with zero attached hydrogens (tertiary/aromatic N) is 4. The molecule has 0 N–H and O–H groups in total. The van der Waals surface area contributed by atoms with E-state index in [-0.39, 0.29) is 0 Å². The zero-order valence-corrected chi connectivity index (χ0v) is 8.01. The van der Waals surface area contributed by atoms with Crippen LogP contribution in [0.5, 0.6) is 0 Å². The average molecular weight is 190 g/mol. The van der Waals surface area contributed by atoms with Gasteiger partial charge in [-0.1, -0.05) is 0 Å². The Morgan fingerprint density at radius 3 is 2.86 bits per heavy atom. The number of aldehydes is 1. The largest absolute Gasteiger partial charge is 0.298 e. The minimum atomic E-state index is 0.560. The lowest BCUT2D eigenvalue weighted by Gasteiger charge is -2.02. The molecular formula is C9H10N4O. The highest BCUT2D eigenvalue weighted by Gasteiger charge is 2.09. The average Bonchev–Trinajstić information content (AvgIpc) is 2.71. The number of aromatic nitrogens is 4. The predicted molar refractivity (Wildman–Crippen MR) is 50.5 cm³/mol. The van der Waals surface area contributed by atoms with E-state index in [1.165, 1.54) is 6.20 Å². The molecule has 2 aromatic rings. The maximum Gasteiger partial charge on any atom is 0.155 e. The second kappa shape index (κ2) is 3.10. The van der Waals surface area contributed by atoms with E-state index in [1.54, 1.807) is 22.6 Å². The smallest absolute Gasteiger partial charge is 0.155 e. The summed E-state index contributed by atoms with van der Waals surface area (Å²) in [4.78, 5) is 14.8. The van der Waals surface area contributed by atoms with Crippen molar-refractivity contribution in [3.05, 3.63) is 30.0 Å². The van der Waals surface area contributed by atoms with E-state index in [9.17, 15) is 4.79 Å². The molecule has 2 aromatic heterocycles. The summed E-state index contributed by atoms with van der Waals surface area (Å²) in [6.45, 7) is 1.90. The fraction of sp³-hybridized carbons (Fsp3) is 0.222.